The number of aryl methyl sites for hydroxylation is 1. The molecule has 1 heterocycles. The Hall–Kier alpha value is -1.18. The van der Waals surface area contributed by atoms with Gasteiger partial charge in [0.2, 0.25) is 0 Å². The van der Waals surface area contributed by atoms with Gasteiger partial charge in [-0.05, 0) is 50.3 Å². The van der Waals surface area contributed by atoms with Gasteiger partial charge in [0.15, 0.2) is 0 Å². The Morgan fingerprint density at radius 3 is 2.75 bits per heavy atom. The van der Waals surface area contributed by atoms with Crippen molar-refractivity contribution in [2.45, 2.75) is 39.7 Å². The first-order valence-corrected chi connectivity index (χ1v) is 6.20. The maximum Gasteiger partial charge on any atom is 0.0604 e. The highest BCUT2D eigenvalue weighted by molar-refractivity contribution is 5.69. The molecule has 1 fully saturated rings. The van der Waals surface area contributed by atoms with Gasteiger partial charge in [0, 0.05) is 12.6 Å². The number of benzene rings is 1. The zero-order valence-corrected chi connectivity index (χ0v) is 10.5. The van der Waals surface area contributed by atoms with Crippen LogP contribution in [0.2, 0.25) is 0 Å². The molecule has 1 aliphatic heterocycles. The number of nitrogens with two attached hydrogens (primary N) is 1. The van der Waals surface area contributed by atoms with E-state index in [0.29, 0.717) is 6.04 Å². The van der Waals surface area contributed by atoms with Crippen LogP contribution in [-0.2, 0) is 0 Å². The summed E-state index contributed by atoms with van der Waals surface area (Å²) in [6.07, 6.45) is 2.55. The molecule has 0 aliphatic carbocycles. The molecule has 0 saturated carbocycles. The highest BCUT2D eigenvalue weighted by Gasteiger charge is 2.24. The summed E-state index contributed by atoms with van der Waals surface area (Å²) in [6.45, 7) is 7.90. The summed E-state index contributed by atoms with van der Waals surface area (Å²) in [5, 5.41) is 0. The lowest BCUT2D eigenvalue weighted by Gasteiger charge is -2.39. The third-order valence-corrected chi connectivity index (χ3v) is 3.63. The van der Waals surface area contributed by atoms with Gasteiger partial charge in [-0.3, -0.25) is 0 Å². The van der Waals surface area contributed by atoms with Gasteiger partial charge in [0.1, 0.15) is 0 Å². The van der Waals surface area contributed by atoms with Crippen LogP contribution in [0.15, 0.2) is 18.2 Å². The summed E-state index contributed by atoms with van der Waals surface area (Å²) < 4.78 is 0. The average Bonchev–Trinajstić information content (AvgIpc) is 2.22. The van der Waals surface area contributed by atoms with Gasteiger partial charge < -0.3 is 10.6 Å². The van der Waals surface area contributed by atoms with Gasteiger partial charge in [-0.25, -0.2) is 0 Å². The number of nitrogens with zero attached hydrogens (tertiary/aromatic N) is 1. The van der Waals surface area contributed by atoms with Crippen molar-refractivity contribution in [1.29, 1.82) is 0 Å². The Morgan fingerprint density at radius 1 is 1.31 bits per heavy atom. The molecule has 2 unspecified atom stereocenters. The fourth-order valence-electron chi connectivity index (χ4n) is 2.67. The van der Waals surface area contributed by atoms with Crippen LogP contribution in [-0.4, -0.2) is 12.6 Å². The van der Waals surface area contributed by atoms with E-state index < -0.39 is 0 Å². The number of hydrogen-bond donors (Lipinski definition) is 1. The Balaban J connectivity index is 2.26. The number of anilines is 2. The van der Waals surface area contributed by atoms with Crippen LogP contribution in [0, 0.1) is 12.8 Å². The topological polar surface area (TPSA) is 29.3 Å². The molecule has 2 heteroatoms. The summed E-state index contributed by atoms with van der Waals surface area (Å²) >= 11 is 0. The minimum Gasteiger partial charge on any atom is -0.397 e. The smallest absolute Gasteiger partial charge is 0.0604 e. The van der Waals surface area contributed by atoms with E-state index in [4.69, 9.17) is 5.73 Å². The first-order chi connectivity index (χ1) is 7.58. The lowest BCUT2D eigenvalue weighted by Crippen LogP contribution is -2.40. The largest absolute Gasteiger partial charge is 0.397 e. The molecule has 2 atom stereocenters. The molecule has 88 valence electrons. The molecule has 1 aromatic rings. The summed E-state index contributed by atoms with van der Waals surface area (Å²) in [4.78, 5) is 2.46. The first-order valence-electron chi connectivity index (χ1n) is 6.20. The molecule has 0 bridgehead atoms. The minimum atomic E-state index is 0.604. The highest BCUT2D eigenvalue weighted by Crippen LogP contribution is 2.32. The average molecular weight is 218 g/mol. The molecular weight excluding hydrogens is 196 g/mol. The Bertz CT molecular complexity index is 373. The third kappa shape index (κ3) is 2.16. The highest BCUT2D eigenvalue weighted by atomic mass is 15.2. The molecule has 0 radical (unpaired) electrons. The molecule has 0 aromatic heterocycles. The van der Waals surface area contributed by atoms with Crippen molar-refractivity contribution in [2.24, 2.45) is 5.92 Å². The Kier molecular flexibility index (Phi) is 3.08. The van der Waals surface area contributed by atoms with Crippen molar-refractivity contribution in [1.82, 2.24) is 0 Å². The number of nitrogen functional groups attached to an aromatic ring is 1. The van der Waals surface area contributed by atoms with E-state index in [9.17, 15) is 0 Å². The Labute approximate surface area is 98.4 Å². The molecule has 0 amide bonds. The molecule has 1 saturated heterocycles. The van der Waals surface area contributed by atoms with Crippen molar-refractivity contribution < 1.29 is 0 Å². The molecule has 1 aromatic carbocycles. The monoisotopic (exact) mass is 218 g/mol. The van der Waals surface area contributed by atoms with E-state index in [0.717, 1.165) is 18.2 Å². The quantitative estimate of drug-likeness (QED) is 0.733. The molecule has 2 nitrogen and oxygen atoms in total. The van der Waals surface area contributed by atoms with Gasteiger partial charge in [-0.15, -0.1) is 0 Å². The number of piperidine rings is 1. The van der Waals surface area contributed by atoms with Crippen LogP contribution in [0.1, 0.15) is 32.3 Å². The van der Waals surface area contributed by atoms with Crippen LogP contribution < -0.4 is 10.6 Å². The normalized spacial score (nSPS) is 25.8. The lowest BCUT2D eigenvalue weighted by atomic mass is 9.92. The van der Waals surface area contributed by atoms with Gasteiger partial charge in [-0.1, -0.05) is 13.0 Å². The van der Waals surface area contributed by atoms with Gasteiger partial charge in [-0.2, -0.15) is 0 Å². The Morgan fingerprint density at radius 2 is 2.06 bits per heavy atom. The van der Waals surface area contributed by atoms with E-state index >= 15 is 0 Å². The van der Waals surface area contributed by atoms with E-state index in [-0.39, 0.29) is 0 Å². The predicted octanol–water partition coefficient (Wildman–Crippen LogP) is 3.20. The molecule has 2 N–H and O–H groups in total. The number of rotatable bonds is 1. The van der Waals surface area contributed by atoms with E-state index in [2.05, 4.69) is 37.8 Å². The van der Waals surface area contributed by atoms with Gasteiger partial charge in [0.25, 0.3) is 0 Å². The molecule has 0 spiro atoms. The van der Waals surface area contributed by atoms with Crippen molar-refractivity contribution in [3.8, 4) is 0 Å². The maximum absolute atomic E-state index is 6.08. The van der Waals surface area contributed by atoms with E-state index in [1.54, 1.807) is 0 Å². The zero-order chi connectivity index (χ0) is 11.7. The lowest BCUT2D eigenvalue weighted by molar-refractivity contribution is 0.378. The van der Waals surface area contributed by atoms with Gasteiger partial charge in [0.05, 0.1) is 11.4 Å². The van der Waals surface area contributed by atoms with Crippen molar-refractivity contribution in [3.63, 3.8) is 0 Å². The van der Waals surface area contributed by atoms with E-state index in [1.807, 2.05) is 6.07 Å². The van der Waals surface area contributed by atoms with Crippen LogP contribution in [0.25, 0.3) is 0 Å². The van der Waals surface area contributed by atoms with Crippen molar-refractivity contribution >= 4 is 11.4 Å². The fraction of sp³-hybridized carbons (Fsp3) is 0.571. The molecular formula is C14H22N2. The minimum absolute atomic E-state index is 0.604. The van der Waals surface area contributed by atoms with E-state index in [1.165, 1.54) is 24.1 Å². The van der Waals surface area contributed by atoms with Crippen LogP contribution in [0.3, 0.4) is 0 Å². The summed E-state index contributed by atoms with van der Waals surface area (Å²) in [7, 11) is 0. The SMILES string of the molecule is Cc1ccc(N)c(N2CCC(C)CC2C)c1. The maximum atomic E-state index is 6.08. The standard InChI is InChI=1S/C14H22N2/c1-10-4-5-13(15)14(9-10)16-7-6-11(2)8-12(16)3/h4-5,9,11-12H,6-8,15H2,1-3H3. The summed E-state index contributed by atoms with van der Waals surface area (Å²) in [5.41, 5.74) is 9.49. The third-order valence-electron chi connectivity index (χ3n) is 3.63. The summed E-state index contributed by atoms with van der Waals surface area (Å²) in [6, 6.07) is 6.92. The summed E-state index contributed by atoms with van der Waals surface area (Å²) in [5.74, 6) is 0.845. The van der Waals surface area contributed by atoms with Crippen molar-refractivity contribution in [2.75, 3.05) is 17.2 Å². The molecule has 2 rings (SSSR count). The molecule has 16 heavy (non-hydrogen) atoms. The van der Waals surface area contributed by atoms with Crippen LogP contribution in [0.4, 0.5) is 11.4 Å². The predicted molar refractivity (Wildman–Crippen MR) is 70.8 cm³/mol. The second-order valence-electron chi connectivity index (χ2n) is 5.23. The zero-order valence-electron chi connectivity index (χ0n) is 10.5. The van der Waals surface area contributed by atoms with Crippen LogP contribution in [0.5, 0.6) is 0 Å². The van der Waals surface area contributed by atoms with Crippen molar-refractivity contribution in [3.05, 3.63) is 23.8 Å². The fourth-order valence-corrected chi connectivity index (χ4v) is 2.67. The van der Waals surface area contributed by atoms with Gasteiger partial charge >= 0.3 is 0 Å². The molecule has 1 aliphatic rings. The number of hydrogen-bond acceptors (Lipinski definition) is 2. The van der Waals surface area contributed by atoms with Crippen LogP contribution >= 0.6 is 0 Å². The second-order valence-corrected chi connectivity index (χ2v) is 5.23. The first kappa shape index (κ1) is 11.3. The second kappa shape index (κ2) is 4.36.